The molecule has 2 N–H and O–H groups in total. The third kappa shape index (κ3) is 3.01. The maximum Gasteiger partial charge on any atom is 0.349 e. The fourth-order valence-corrected chi connectivity index (χ4v) is 2.77. The van der Waals surface area contributed by atoms with Gasteiger partial charge >= 0.3 is 5.63 Å². The molecule has 1 amide bonds. The summed E-state index contributed by atoms with van der Waals surface area (Å²) in [6, 6.07) is 14.6. The summed E-state index contributed by atoms with van der Waals surface area (Å²) in [5.41, 5.74) is 2.79. The Morgan fingerprint density at radius 2 is 2.04 bits per heavy atom. The molecule has 6 heteroatoms. The van der Waals surface area contributed by atoms with Crippen LogP contribution >= 0.6 is 0 Å². The van der Waals surface area contributed by atoms with Crippen LogP contribution in [0.5, 0.6) is 0 Å². The number of rotatable bonds is 4. The third-order valence-electron chi connectivity index (χ3n) is 4.07. The number of aromatic nitrogens is 2. The second-order valence-corrected chi connectivity index (χ2v) is 5.75. The second-order valence-electron chi connectivity index (χ2n) is 5.75. The van der Waals surface area contributed by atoms with Gasteiger partial charge in [-0.2, -0.15) is 0 Å². The number of fused-ring (bicyclic) bond motifs is 2. The number of H-pyrrole nitrogens is 1. The number of para-hydroxylation sites is 1. The summed E-state index contributed by atoms with van der Waals surface area (Å²) >= 11 is 0. The fourth-order valence-electron chi connectivity index (χ4n) is 2.77. The van der Waals surface area contributed by atoms with Crippen LogP contribution in [0.15, 0.2) is 64.1 Å². The number of aromatic amines is 1. The maximum atomic E-state index is 12.3. The van der Waals surface area contributed by atoms with Gasteiger partial charge in [-0.15, -0.1) is 0 Å². The van der Waals surface area contributed by atoms with Gasteiger partial charge in [-0.1, -0.05) is 24.3 Å². The van der Waals surface area contributed by atoms with Crippen molar-refractivity contribution in [2.45, 2.75) is 6.42 Å². The smallest absolute Gasteiger partial charge is 0.349 e. The van der Waals surface area contributed by atoms with Crippen molar-refractivity contribution in [3.05, 3.63) is 76.4 Å². The van der Waals surface area contributed by atoms with Crippen LogP contribution in [0.1, 0.15) is 15.9 Å². The molecule has 0 aliphatic carbocycles. The van der Waals surface area contributed by atoms with Gasteiger partial charge in [0.15, 0.2) is 0 Å². The van der Waals surface area contributed by atoms with Crippen LogP contribution in [-0.2, 0) is 6.42 Å². The lowest BCUT2D eigenvalue weighted by Crippen LogP contribution is -2.29. The quantitative estimate of drug-likeness (QED) is 0.562. The Morgan fingerprint density at radius 1 is 1.16 bits per heavy atom. The first kappa shape index (κ1) is 15.1. The minimum atomic E-state index is -0.630. The van der Waals surface area contributed by atoms with E-state index in [1.54, 1.807) is 30.6 Å². The molecule has 0 aliphatic heterocycles. The van der Waals surface area contributed by atoms with Gasteiger partial charge in [-0.05, 0) is 36.2 Å². The van der Waals surface area contributed by atoms with Crippen LogP contribution in [0.3, 0.4) is 0 Å². The zero-order valence-corrected chi connectivity index (χ0v) is 13.3. The second kappa shape index (κ2) is 6.24. The van der Waals surface area contributed by atoms with Crippen molar-refractivity contribution in [3.63, 3.8) is 0 Å². The lowest BCUT2D eigenvalue weighted by molar-refractivity contribution is 0.0950. The average Bonchev–Trinajstić information content (AvgIpc) is 3.09. The number of nitrogens with zero attached hydrogens (tertiary/aromatic N) is 1. The molecule has 0 saturated carbocycles. The molecule has 0 radical (unpaired) electrons. The summed E-state index contributed by atoms with van der Waals surface area (Å²) in [4.78, 5) is 31.5. The molecule has 2 heterocycles. The first-order valence-electron chi connectivity index (χ1n) is 7.94. The van der Waals surface area contributed by atoms with Crippen molar-refractivity contribution in [2.24, 2.45) is 0 Å². The van der Waals surface area contributed by atoms with E-state index in [1.807, 2.05) is 24.3 Å². The molecular formula is C19H15N3O3. The summed E-state index contributed by atoms with van der Waals surface area (Å²) in [7, 11) is 0. The number of carbonyl (C=O) groups excluding carboxylic acids is 1. The highest BCUT2D eigenvalue weighted by Crippen LogP contribution is 2.13. The average molecular weight is 333 g/mol. The zero-order chi connectivity index (χ0) is 17.2. The van der Waals surface area contributed by atoms with Crippen LogP contribution in [0.25, 0.3) is 22.0 Å². The first-order valence-corrected chi connectivity index (χ1v) is 7.94. The van der Waals surface area contributed by atoms with Crippen molar-refractivity contribution < 1.29 is 9.21 Å². The molecule has 4 aromatic rings. The van der Waals surface area contributed by atoms with Gasteiger partial charge in [0, 0.05) is 11.9 Å². The lowest BCUT2D eigenvalue weighted by Gasteiger charge is -2.06. The molecular weight excluding hydrogens is 318 g/mol. The number of imidazole rings is 1. The normalized spacial score (nSPS) is 11.0. The molecule has 0 spiro atoms. The standard InChI is InChI=1S/C19H15N3O3/c23-18(14-10-13-3-1-2-4-17(13)25-19(14)24)20-8-7-12-5-6-15-16(9-12)22-11-21-15/h1-6,9-11H,7-8H2,(H,20,23)(H,21,22). The van der Waals surface area contributed by atoms with Crippen molar-refractivity contribution in [2.75, 3.05) is 6.54 Å². The number of hydrogen-bond acceptors (Lipinski definition) is 4. The Bertz CT molecular complexity index is 1130. The van der Waals surface area contributed by atoms with Crippen LogP contribution < -0.4 is 10.9 Å². The topological polar surface area (TPSA) is 88.0 Å². The summed E-state index contributed by atoms with van der Waals surface area (Å²) in [6.45, 7) is 0.421. The Labute approximate surface area is 142 Å². The number of amides is 1. The van der Waals surface area contributed by atoms with E-state index >= 15 is 0 Å². The molecule has 0 saturated heterocycles. The van der Waals surface area contributed by atoms with E-state index in [9.17, 15) is 9.59 Å². The highest BCUT2D eigenvalue weighted by atomic mass is 16.4. The molecule has 6 nitrogen and oxygen atoms in total. The predicted octanol–water partition coefficient (Wildman–Crippen LogP) is 2.64. The molecule has 2 aromatic heterocycles. The van der Waals surface area contributed by atoms with Gasteiger partial charge in [-0.3, -0.25) is 4.79 Å². The number of carbonyl (C=O) groups is 1. The molecule has 0 unspecified atom stereocenters. The Hall–Kier alpha value is -3.41. The SMILES string of the molecule is O=C(NCCc1ccc2nc[nH]c2c1)c1cc2ccccc2oc1=O. The summed E-state index contributed by atoms with van der Waals surface area (Å²) in [5, 5.41) is 3.49. The van der Waals surface area contributed by atoms with Gasteiger partial charge in [0.1, 0.15) is 11.1 Å². The molecule has 0 bridgehead atoms. The summed E-state index contributed by atoms with van der Waals surface area (Å²) < 4.78 is 5.19. The van der Waals surface area contributed by atoms with E-state index in [-0.39, 0.29) is 5.56 Å². The molecule has 0 atom stereocenters. The minimum Gasteiger partial charge on any atom is -0.422 e. The first-order chi connectivity index (χ1) is 12.2. The predicted molar refractivity (Wildman–Crippen MR) is 94.6 cm³/mol. The Balaban J connectivity index is 1.46. The summed E-state index contributed by atoms with van der Waals surface area (Å²) in [6.07, 6.45) is 2.30. The molecule has 0 fully saturated rings. The molecule has 2 aromatic carbocycles. The Morgan fingerprint density at radius 3 is 2.96 bits per heavy atom. The number of hydrogen-bond donors (Lipinski definition) is 2. The van der Waals surface area contributed by atoms with Gasteiger partial charge < -0.3 is 14.7 Å². The highest BCUT2D eigenvalue weighted by Gasteiger charge is 2.13. The van der Waals surface area contributed by atoms with E-state index in [0.717, 1.165) is 22.0 Å². The maximum absolute atomic E-state index is 12.3. The number of nitrogens with one attached hydrogen (secondary N) is 2. The van der Waals surface area contributed by atoms with Gasteiger partial charge in [-0.25, -0.2) is 9.78 Å². The minimum absolute atomic E-state index is 0.0164. The third-order valence-corrected chi connectivity index (χ3v) is 4.07. The zero-order valence-electron chi connectivity index (χ0n) is 13.3. The summed E-state index contributed by atoms with van der Waals surface area (Å²) in [5.74, 6) is -0.429. The van der Waals surface area contributed by atoms with Crippen molar-refractivity contribution in [1.29, 1.82) is 0 Å². The van der Waals surface area contributed by atoms with Crippen LogP contribution in [0, 0.1) is 0 Å². The van der Waals surface area contributed by atoms with E-state index in [0.29, 0.717) is 18.5 Å². The molecule has 124 valence electrons. The Kier molecular flexibility index (Phi) is 3.78. The van der Waals surface area contributed by atoms with E-state index in [1.165, 1.54) is 0 Å². The fraction of sp³-hybridized carbons (Fsp3) is 0.105. The van der Waals surface area contributed by atoms with Crippen molar-refractivity contribution >= 4 is 27.9 Å². The van der Waals surface area contributed by atoms with Crippen LogP contribution in [0.2, 0.25) is 0 Å². The van der Waals surface area contributed by atoms with Crippen LogP contribution in [0.4, 0.5) is 0 Å². The highest BCUT2D eigenvalue weighted by molar-refractivity contribution is 5.96. The van der Waals surface area contributed by atoms with Gasteiger partial charge in [0.25, 0.3) is 5.91 Å². The largest absolute Gasteiger partial charge is 0.422 e. The van der Waals surface area contributed by atoms with Gasteiger partial charge in [0.05, 0.1) is 17.4 Å². The van der Waals surface area contributed by atoms with Crippen molar-refractivity contribution in [3.8, 4) is 0 Å². The van der Waals surface area contributed by atoms with Crippen molar-refractivity contribution in [1.82, 2.24) is 15.3 Å². The van der Waals surface area contributed by atoms with E-state index in [4.69, 9.17) is 4.42 Å². The molecule has 25 heavy (non-hydrogen) atoms. The van der Waals surface area contributed by atoms with Crippen LogP contribution in [-0.4, -0.2) is 22.4 Å². The lowest BCUT2D eigenvalue weighted by atomic mass is 10.1. The van der Waals surface area contributed by atoms with E-state index in [2.05, 4.69) is 15.3 Å². The number of benzene rings is 2. The monoisotopic (exact) mass is 333 g/mol. The van der Waals surface area contributed by atoms with E-state index < -0.39 is 11.5 Å². The van der Waals surface area contributed by atoms with Gasteiger partial charge in [0.2, 0.25) is 0 Å². The molecule has 0 aliphatic rings. The molecule has 4 rings (SSSR count).